The molecule has 1 aliphatic rings. The van der Waals surface area contributed by atoms with Gasteiger partial charge >= 0.3 is 0 Å². The number of anilines is 1. The predicted octanol–water partition coefficient (Wildman–Crippen LogP) is 3.55. The molecule has 1 fully saturated rings. The van der Waals surface area contributed by atoms with Crippen LogP contribution in [-0.2, 0) is 0 Å². The van der Waals surface area contributed by atoms with Crippen molar-refractivity contribution < 1.29 is 4.39 Å². The van der Waals surface area contributed by atoms with Gasteiger partial charge in [-0.3, -0.25) is 0 Å². The topological polar surface area (TPSA) is 28.2 Å². The molecule has 5 heteroatoms. The molecule has 0 amide bonds. The summed E-state index contributed by atoms with van der Waals surface area (Å²) in [5.74, 6) is -0.102. The lowest BCUT2D eigenvalue weighted by Crippen LogP contribution is -2.38. The molecule has 0 aliphatic carbocycles. The van der Waals surface area contributed by atoms with Crippen LogP contribution in [-0.4, -0.2) is 35.6 Å². The summed E-state index contributed by atoms with van der Waals surface area (Å²) in [6, 6.07) is 1.96. The highest BCUT2D eigenvalue weighted by atomic mass is 35.5. The third-order valence-corrected chi connectivity index (χ3v) is 3.87. The number of nitrogens with zero attached hydrogens (tertiary/aromatic N) is 2. The summed E-state index contributed by atoms with van der Waals surface area (Å²) in [6.45, 7) is 5.26. The highest BCUT2D eigenvalue weighted by Gasteiger charge is 2.17. The van der Waals surface area contributed by atoms with Crippen molar-refractivity contribution in [2.75, 3.05) is 25.0 Å². The number of halogens is 2. The van der Waals surface area contributed by atoms with E-state index in [9.17, 15) is 4.39 Å². The van der Waals surface area contributed by atoms with Crippen LogP contribution in [0.3, 0.4) is 0 Å². The largest absolute Gasteiger partial charge is 0.368 e. The van der Waals surface area contributed by atoms with Gasteiger partial charge < -0.3 is 10.2 Å². The lowest BCUT2D eigenvalue weighted by Gasteiger charge is -2.33. The minimum Gasteiger partial charge on any atom is -0.368 e. The molecule has 106 valence electrons. The van der Waals surface area contributed by atoms with E-state index in [0.717, 1.165) is 19.5 Å². The summed E-state index contributed by atoms with van der Waals surface area (Å²) >= 11 is 5.66. The predicted molar refractivity (Wildman–Crippen MR) is 77.2 cm³/mol. The average Bonchev–Trinajstić information content (AvgIpc) is 2.38. The molecule has 0 saturated carbocycles. The molecule has 3 nitrogen and oxygen atoms in total. The number of nitrogens with one attached hydrogen (secondary N) is 1. The molecule has 1 N–H and O–H groups in total. The van der Waals surface area contributed by atoms with Crippen molar-refractivity contribution in [3.05, 3.63) is 23.1 Å². The number of aromatic nitrogens is 1. The van der Waals surface area contributed by atoms with Gasteiger partial charge in [-0.05, 0) is 38.8 Å². The van der Waals surface area contributed by atoms with E-state index in [1.165, 1.54) is 38.1 Å². The van der Waals surface area contributed by atoms with Gasteiger partial charge in [0.05, 0.1) is 5.02 Å². The molecule has 2 heterocycles. The Morgan fingerprint density at radius 3 is 3.11 bits per heavy atom. The Balaban J connectivity index is 1.71. The monoisotopic (exact) mass is 285 g/mol. The van der Waals surface area contributed by atoms with Gasteiger partial charge in [0.2, 0.25) is 0 Å². The van der Waals surface area contributed by atoms with E-state index in [1.807, 2.05) is 0 Å². The third kappa shape index (κ3) is 4.32. The lowest BCUT2D eigenvalue weighted by atomic mass is 10.0. The van der Waals surface area contributed by atoms with Crippen molar-refractivity contribution in [2.45, 2.75) is 38.6 Å². The van der Waals surface area contributed by atoms with Gasteiger partial charge in [0.15, 0.2) is 11.6 Å². The van der Waals surface area contributed by atoms with Gasteiger partial charge in [0, 0.05) is 25.3 Å². The molecular formula is C14H21ClFN3. The zero-order chi connectivity index (χ0) is 13.7. The van der Waals surface area contributed by atoms with Gasteiger partial charge in [-0.1, -0.05) is 18.0 Å². The molecule has 1 aromatic rings. The first-order valence-electron chi connectivity index (χ1n) is 6.96. The Bertz CT molecular complexity index is 414. The van der Waals surface area contributed by atoms with Crippen molar-refractivity contribution in [3.8, 4) is 0 Å². The Labute approximate surface area is 119 Å². The van der Waals surface area contributed by atoms with Crippen molar-refractivity contribution in [2.24, 2.45) is 0 Å². The van der Waals surface area contributed by atoms with Crippen LogP contribution in [0.2, 0.25) is 5.02 Å². The maximum Gasteiger partial charge on any atom is 0.166 e. The molecular weight excluding hydrogens is 265 g/mol. The SMILES string of the molecule is CC1CCCCN1CCCNc1ncc(Cl)cc1F. The molecule has 1 saturated heterocycles. The summed E-state index contributed by atoms with van der Waals surface area (Å²) in [5.41, 5.74) is 0. The third-order valence-electron chi connectivity index (χ3n) is 3.66. The summed E-state index contributed by atoms with van der Waals surface area (Å²) in [6.07, 6.45) is 6.38. The quantitative estimate of drug-likeness (QED) is 0.839. The van der Waals surface area contributed by atoms with Crippen LogP contribution >= 0.6 is 11.6 Å². The minimum atomic E-state index is -0.390. The summed E-state index contributed by atoms with van der Waals surface area (Å²) in [7, 11) is 0. The first-order chi connectivity index (χ1) is 9.16. The van der Waals surface area contributed by atoms with Crippen molar-refractivity contribution in [3.63, 3.8) is 0 Å². The Hall–Kier alpha value is -0.870. The van der Waals surface area contributed by atoms with Gasteiger partial charge in [0.25, 0.3) is 0 Å². The normalized spacial score (nSPS) is 20.5. The summed E-state index contributed by atoms with van der Waals surface area (Å²) < 4.78 is 13.5. The van der Waals surface area contributed by atoms with Crippen LogP contribution < -0.4 is 5.32 Å². The number of hydrogen-bond donors (Lipinski definition) is 1. The van der Waals surface area contributed by atoms with E-state index in [0.29, 0.717) is 11.1 Å². The van der Waals surface area contributed by atoms with Crippen molar-refractivity contribution in [1.29, 1.82) is 0 Å². The number of rotatable bonds is 5. The van der Waals surface area contributed by atoms with Crippen LogP contribution in [0.15, 0.2) is 12.3 Å². The summed E-state index contributed by atoms with van der Waals surface area (Å²) in [4.78, 5) is 6.46. The van der Waals surface area contributed by atoms with E-state index in [-0.39, 0.29) is 11.6 Å². The fourth-order valence-electron chi connectivity index (χ4n) is 2.52. The second-order valence-corrected chi connectivity index (χ2v) is 5.58. The first-order valence-corrected chi connectivity index (χ1v) is 7.33. The molecule has 0 aromatic carbocycles. The van der Waals surface area contributed by atoms with Gasteiger partial charge in [-0.25, -0.2) is 9.37 Å². The molecule has 1 aliphatic heterocycles. The van der Waals surface area contributed by atoms with E-state index in [4.69, 9.17) is 11.6 Å². The fraction of sp³-hybridized carbons (Fsp3) is 0.643. The van der Waals surface area contributed by atoms with Gasteiger partial charge in [-0.15, -0.1) is 0 Å². The molecule has 0 spiro atoms. The lowest BCUT2D eigenvalue weighted by molar-refractivity contribution is 0.160. The second kappa shape index (κ2) is 7.06. The highest BCUT2D eigenvalue weighted by Crippen LogP contribution is 2.17. The number of pyridine rings is 1. The van der Waals surface area contributed by atoms with E-state index in [2.05, 4.69) is 22.1 Å². The smallest absolute Gasteiger partial charge is 0.166 e. The van der Waals surface area contributed by atoms with Crippen LogP contribution in [0.4, 0.5) is 10.2 Å². The van der Waals surface area contributed by atoms with Gasteiger partial charge in [-0.2, -0.15) is 0 Å². The first kappa shape index (κ1) is 14.5. The van der Waals surface area contributed by atoms with Crippen LogP contribution in [0, 0.1) is 5.82 Å². The second-order valence-electron chi connectivity index (χ2n) is 5.15. The van der Waals surface area contributed by atoms with E-state index in [1.54, 1.807) is 0 Å². The molecule has 19 heavy (non-hydrogen) atoms. The average molecular weight is 286 g/mol. The molecule has 0 bridgehead atoms. The van der Waals surface area contributed by atoms with E-state index < -0.39 is 0 Å². The van der Waals surface area contributed by atoms with Crippen LogP contribution in [0.1, 0.15) is 32.6 Å². The van der Waals surface area contributed by atoms with Crippen molar-refractivity contribution in [1.82, 2.24) is 9.88 Å². The zero-order valence-corrected chi connectivity index (χ0v) is 12.1. The molecule has 1 unspecified atom stereocenters. The van der Waals surface area contributed by atoms with Crippen LogP contribution in [0.25, 0.3) is 0 Å². The maximum absolute atomic E-state index is 13.5. The number of piperidine rings is 1. The Kier molecular flexibility index (Phi) is 5.40. The number of likely N-dealkylation sites (tertiary alicyclic amines) is 1. The van der Waals surface area contributed by atoms with Gasteiger partial charge in [0.1, 0.15) is 0 Å². The Morgan fingerprint density at radius 2 is 2.37 bits per heavy atom. The minimum absolute atomic E-state index is 0.288. The zero-order valence-electron chi connectivity index (χ0n) is 11.3. The standard InChI is InChI=1S/C14H21ClFN3/c1-11-5-2-3-7-19(11)8-4-6-17-14-13(16)9-12(15)10-18-14/h9-11H,2-8H2,1H3,(H,17,18). The highest BCUT2D eigenvalue weighted by molar-refractivity contribution is 6.30. The van der Waals surface area contributed by atoms with Crippen LogP contribution in [0.5, 0.6) is 0 Å². The van der Waals surface area contributed by atoms with Crippen molar-refractivity contribution >= 4 is 17.4 Å². The number of hydrogen-bond acceptors (Lipinski definition) is 3. The maximum atomic E-state index is 13.5. The Morgan fingerprint density at radius 1 is 1.53 bits per heavy atom. The molecule has 1 atom stereocenters. The summed E-state index contributed by atoms with van der Waals surface area (Å²) in [5, 5.41) is 3.35. The van der Waals surface area contributed by atoms with E-state index >= 15 is 0 Å². The molecule has 2 rings (SSSR count). The molecule has 0 radical (unpaired) electrons. The molecule has 1 aromatic heterocycles. The fourth-order valence-corrected chi connectivity index (χ4v) is 2.67.